The molecule has 4 aromatic heterocycles. The average molecular weight is 1650 g/mol. The summed E-state index contributed by atoms with van der Waals surface area (Å²) in [5.41, 5.74) is 4.01. The minimum Gasteiger partial charge on any atom is -1.00 e. The summed E-state index contributed by atoms with van der Waals surface area (Å²) in [6.07, 6.45) is 22.6. The molecule has 0 radical (unpaired) electrons. The smallest absolute Gasteiger partial charge is 1.00 e. The van der Waals surface area contributed by atoms with E-state index >= 15 is 0 Å². The van der Waals surface area contributed by atoms with Gasteiger partial charge in [0, 0.05) is 125 Å². The molecular weight excluding hydrogens is 1590 g/mol. The van der Waals surface area contributed by atoms with Crippen molar-refractivity contribution < 1.29 is 161 Å². The number of nitrogens with zero attached hydrogens (tertiary/aromatic N) is 4. The summed E-state index contributed by atoms with van der Waals surface area (Å²) >= 11 is 0. The molecule has 16 nitrogen and oxygen atoms in total. The Bertz CT molecular complexity index is 2020. The minimum atomic E-state index is -0.275. The molecule has 4 aliphatic rings. The van der Waals surface area contributed by atoms with Gasteiger partial charge in [0.15, 0.2) is 0 Å². The van der Waals surface area contributed by atoms with Gasteiger partial charge in [-0.2, -0.15) is 0 Å². The maximum Gasteiger partial charge on any atom is 2.00 e. The van der Waals surface area contributed by atoms with Crippen molar-refractivity contribution in [3.63, 3.8) is 0 Å². The van der Waals surface area contributed by atoms with Crippen LogP contribution in [0.4, 0.5) is 22.7 Å². The zero-order valence-corrected chi connectivity index (χ0v) is 58.5. The summed E-state index contributed by atoms with van der Waals surface area (Å²) < 4.78 is 19.8. The van der Waals surface area contributed by atoms with Gasteiger partial charge in [0.1, 0.15) is 0 Å². The fourth-order valence-corrected chi connectivity index (χ4v) is 6.23. The van der Waals surface area contributed by atoms with Gasteiger partial charge in [-0.3, -0.25) is 39.1 Å². The molecular formula is C52H60Br4Hg2N8O8. The summed E-state index contributed by atoms with van der Waals surface area (Å²) in [7, 11) is 0. The molecule has 2 aromatic carbocycles. The number of halogens is 4. The van der Waals surface area contributed by atoms with Crippen LogP contribution in [0.1, 0.15) is 92.8 Å². The molecule has 6 aromatic rings. The fourth-order valence-electron chi connectivity index (χ4n) is 6.23. The number of benzene rings is 2. The first-order valence-electron chi connectivity index (χ1n) is 22.8. The van der Waals surface area contributed by atoms with E-state index in [9.17, 15) is 19.2 Å². The van der Waals surface area contributed by atoms with Crippen LogP contribution in [0, 0.1) is 0 Å². The number of carbonyl (C=O) groups excluding carboxylic acids is 4. The Morgan fingerprint density at radius 1 is 0.297 bits per heavy atom. The SMILES string of the molecule is C1CCOC1.C1CCOC1.C1CCOC1.C1CCOC1.O=C(Nc1ccccc1NC(=O)c1ccncc1)c1ccncc1.O=C(Nc1ccccc1NC(=O)c1ccncc1)c1ccncc1.[Br-].[Br-].[Br-].[Br-].[Hg+2].[Hg+2]. The molecule has 10 rings (SSSR count). The Morgan fingerprint density at radius 3 is 0.595 bits per heavy atom. The average Bonchev–Trinajstić information content (AvgIpc) is 4.28. The molecule has 4 amide bonds. The molecule has 0 spiro atoms. The molecule has 0 bridgehead atoms. The zero-order chi connectivity index (χ0) is 47.7. The van der Waals surface area contributed by atoms with Gasteiger partial charge in [-0.15, -0.1) is 0 Å². The fraction of sp³-hybridized carbons (Fsp3) is 0.308. The quantitative estimate of drug-likeness (QED) is 0.114. The van der Waals surface area contributed by atoms with Gasteiger partial charge in [0.05, 0.1) is 22.7 Å². The molecule has 22 heteroatoms. The number of carbonyl (C=O) groups is 4. The van der Waals surface area contributed by atoms with E-state index in [1.807, 2.05) is 0 Å². The Balaban J connectivity index is 0. The first-order chi connectivity index (χ1) is 33.5. The molecule has 74 heavy (non-hydrogen) atoms. The van der Waals surface area contributed by atoms with E-state index in [1.54, 1.807) is 147 Å². The van der Waals surface area contributed by atoms with E-state index in [4.69, 9.17) is 18.9 Å². The summed E-state index contributed by atoms with van der Waals surface area (Å²) in [5.74, 6) is -1.10. The standard InChI is InChI=1S/2C18H14N4O2.4C4H8O.4BrH.2Hg/c2*23-17(13-5-9-19-10-6-13)21-15-3-1-2-4-16(15)22-18(24)14-7-11-20-12-8-14;4*1-2-4-5-3-1;;;;;;/h2*1-12H,(H,21,23)(H,22,24);4*1-4H2;4*1H;;/q;;;;;;;;;;2*+2/p-4. The van der Waals surface area contributed by atoms with Crippen molar-refractivity contribution in [2.75, 3.05) is 74.1 Å². The van der Waals surface area contributed by atoms with Crippen LogP contribution in [0.15, 0.2) is 147 Å². The van der Waals surface area contributed by atoms with Crippen LogP contribution in [-0.4, -0.2) is 96.4 Å². The second kappa shape index (κ2) is 45.7. The largest absolute Gasteiger partial charge is 2.00 e. The molecule has 4 N–H and O–H groups in total. The third-order valence-corrected chi connectivity index (χ3v) is 9.93. The summed E-state index contributed by atoms with van der Waals surface area (Å²) in [6.45, 7) is 8.00. The number of aromatic nitrogens is 4. The monoisotopic (exact) mass is 1640 g/mol. The van der Waals surface area contributed by atoms with Gasteiger partial charge in [-0.1, -0.05) is 24.3 Å². The van der Waals surface area contributed by atoms with Crippen molar-refractivity contribution in [3.8, 4) is 0 Å². The van der Waals surface area contributed by atoms with Crippen molar-refractivity contribution in [2.45, 2.75) is 51.4 Å². The van der Waals surface area contributed by atoms with Crippen LogP contribution >= 0.6 is 0 Å². The summed E-state index contributed by atoms with van der Waals surface area (Å²) in [4.78, 5) is 64.6. The van der Waals surface area contributed by atoms with Crippen molar-refractivity contribution >= 4 is 46.4 Å². The van der Waals surface area contributed by atoms with E-state index in [0.29, 0.717) is 45.0 Å². The van der Waals surface area contributed by atoms with Crippen molar-refractivity contribution in [1.29, 1.82) is 0 Å². The molecule has 0 atom stereocenters. The van der Waals surface area contributed by atoms with Crippen molar-refractivity contribution in [2.24, 2.45) is 0 Å². The predicted octanol–water partition coefficient (Wildman–Crippen LogP) is -2.84. The second-order valence-electron chi connectivity index (χ2n) is 15.1. The maximum absolute atomic E-state index is 12.3. The van der Waals surface area contributed by atoms with E-state index in [1.165, 1.54) is 51.4 Å². The van der Waals surface area contributed by atoms with Gasteiger partial charge in [-0.05, 0) is 124 Å². The molecule has 8 heterocycles. The van der Waals surface area contributed by atoms with E-state index in [-0.39, 0.29) is 147 Å². The van der Waals surface area contributed by atoms with Crippen LogP contribution in [0.25, 0.3) is 0 Å². The number of rotatable bonds is 8. The number of hydrogen-bond donors (Lipinski definition) is 4. The number of para-hydroxylation sites is 4. The zero-order valence-electron chi connectivity index (χ0n) is 41.2. The number of anilines is 4. The number of nitrogens with one attached hydrogen (secondary N) is 4. The topological polar surface area (TPSA) is 205 Å². The van der Waals surface area contributed by atoms with Crippen LogP contribution in [0.5, 0.6) is 0 Å². The van der Waals surface area contributed by atoms with Gasteiger partial charge in [0.25, 0.3) is 23.6 Å². The Labute approximate surface area is 517 Å². The van der Waals surface area contributed by atoms with Gasteiger partial charge < -0.3 is 108 Å². The molecule has 0 saturated carbocycles. The van der Waals surface area contributed by atoms with Crippen LogP contribution in [0.3, 0.4) is 0 Å². The molecule has 4 saturated heterocycles. The number of pyridine rings is 4. The molecule has 4 fully saturated rings. The van der Waals surface area contributed by atoms with Crippen molar-refractivity contribution in [3.05, 3.63) is 169 Å². The summed E-state index contributed by atoms with van der Waals surface area (Å²) in [6, 6.07) is 27.0. The van der Waals surface area contributed by atoms with Gasteiger partial charge >= 0.3 is 55.3 Å². The van der Waals surface area contributed by atoms with E-state index in [2.05, 4.69) is 41.2 Å². The Kier molecular flexibility index (Phi) is 44.9. The Morgan fingerprint density at radius 2 is 0.459 bits per heavy atom. The third kappa shape index (κ3) is 29.7. The number of ether oxygens (including phenoxy) is 4. The number of hydrogen-bond acceptors (Lipinski definition) is 12. The number of amides is 4. The van der Waals surface area contributed by atoms with E-state index in [0.717, 1.165) is 52.9 Å². The molecule has 4 aliphatic heterocycles. The van der Waals surface area contributed by atoms with E-state index < -0.39 is 0 Å². The maximum atomic E-state index is 12.3. The molecule has 388 valence electrons. The van der Waals surface area contributed by atoms with Crippen LogP contribution in [0.2, 0.25) is 0 Å². The molecule has 0 aliphatic carbocycles. The minimum absolute atomic E-state index is 0. The van der Waals surface area contributed by atoms with Crippen LogP contribution in [-0.2, 0) is 74.3 Å². The second-order valence-corrected chi connectivity index (χ2v) is 15.1. The normalized spacial score (nSPS) is 13.0. The third-order valence-electron chi connectivity index (χ3n) is 9.93. The van der Waals surface area contributed by atoms with Crippen molar-refractivity contribution in [1.82, 2.24) is 19.9 Å². The first kappa shape index (κ1) is 72.6. The Hall–Kier alpha value is -3.45. The predicted molar refractivity (Wildman–Crippen MR) is 262 cm³/mol. The molecule has 0 unspecified atom stereocenters. The van der Waals surface area contributed by atoms with Gasteiger partial charge in [0.2, 0.25) is 0 Å². The van der Waals surface area contributed by atoms with Gasteiger partial charge in [-0.25, -0.2) is 0 Å². The summed E-state index contributed by atoms with van der Waals surface area (Å²) in [5, 5.41) is 11.2. The van der Waals surface area contributed by atoms with Crippen LogP contribution < -0.4 is 89.2 Å². The first-order valence-corrected chi connectivity index (χ1v) is 22.8.